The van der Waals surface area contributed by atoms with Gasteiger partial charge in [0.2, 0.25) is 6.41 Å². The number of hydrazine groups is 1. The second kappa shape index (κ2) is 7.92. The summed E-state index contributed by atoms with van der Waals surface area (Å²) < 4.78 is 38.2. The van der Waals surface area contributed by atoms with E-state index in [9.17, 15) is 18.0 Å². The molecule has 1 saturated heterocycles. The number of hydrogen-bond donors (Lipinski definition) is 0. The first-order valence-electron chi connectivity index (χ1n) is 8.02. The highest BCUT2D eigenvalue weighted by Crippen LogP contribution is 2.33. The van der Waals surface area contributed by atoms with E-state index in [0.29, 0.717) is 49.1 Å². The SMILES string of the molecule is O=CN(c1ccc(Cl)cc1)N1CCN(c2ncc(C(F)(F)F)cc2Cl)CC1. The van der Waals surface area contributed by atoms with Gasteiger partial charge in [0.05, 0.1) is 16.3 Å². The average molecular weight is 419 g/mol. The smallest absolute Gasteiger partial charge is 0.353 e. The number of rotatable bonds is 4. The largest absolute Gasteiger partial charge is 0.417 e. The van der Waals surface area contributed by atoms with Gasteiger partial charge in [-0.1, -0.05) is 23.2 Å². The van der Waals surface area contributed by atoms with Crippen molar-refractivity contribution in [3.63, 3.8) is 0 Å². The summed E-state index contributed by atoms with van der Waals surface area (Å²) in [6, 6.07) is 7.72. The van der Waals surface area contributed by atoms with Crippen LogP contribution in [0.4, 0.5) is 24.7 Å². The lowest BCUT2D eigenvalue weighted by Crippen LogP contribution is -2.54. The van der Waals surface area contributed by atoms with Crippen molar-refractivity contribution in [1.29, 1.82) is 0 Å². The molecule has 1 aliphatic heterocycles. The molecule has 0 aliphatic carbocycles. The Labute approximate surface area is 163 Å². The first-order chi connectivity index (χ1) is 12.8. The molecule has 144 valence electrons. The Morgan fingerprint density at radius 2 is 1.70 bits per heavy atom. The summed E-state index contributed by atoms with van der Waals surface area (Å²) in [6.45, 7) is 1.85. The lowest BCUT2D eigenvalue weighted by Gasteiger charge is -2.40. The van der Waals surface area contributed by atoms with Crippen molar-refractivity contribution in [2.75, 3.05) is 36.1 Å². The summed E-state index contributed by atoms with van der Waals surface area (Å²) in [5, 5.41) is 3.83. The van der Waals surface area contributed by atoms with Gasteiger partial charge in [-0.15, -0.1) is 0 Å². The van der Waals surface area contributed by atoms with Crippen molar-refractivity contribution in [2.45, 2.75) is 6.18 Å². The molecule has 0 unspecified atom stereocenters. The van der Waals surface area contributed by atoms with Crippen molar-refractivity contribution in [2.24, 2.45) is 0 Å². The van der Waals surface area contributed by atoms with Gasteiger partial charge in [0, 0.05) is 37.4 Å². The molecule has 1 aromatic heterocycles. The third-order valence-corrected chi connectivity index (χ3v) is 4.73. The molecule has 1 amide bonds. The van der Waals surface area contributed by atoms with E-state index in [1.807, 2.05) is 5.01 Å². The van der Waals surface area contributed by atoms with Crippen LogP contribution < -0.4 is 9.91 Å². The Balaban J connectivity index is 1.69. The third-order valence-electron chi connectivity index (χ3n) is 4.20. The first kappa shape index (κ1) is 19.7. The molecule has 0 saturated carbocycles. The maximum Gasteiger partial charge on any atom is 0.417 e. The zero-order valence-electron chi connectivity index (χ0n) is 14.0. The van der Waals surface area contributed by atoms with Gasteiger partial charge < -0.3 is 4.90 Å². The lowest BCUT2D eigenvalue weighted by atomic mass is 10.2. The zero-order chi connectivity index (χ0) is 19.6. The van der Waals surface area contributed by atoms with E-state index in [2.05, 4.69) is 4.98 Å². The van der Waals surface area contributed by atoms with E-state index in [0.717, 1.165) is 12.3 Å². The summed E-state index contributed by atoms with van der Waals surface area (Å²) in [5.74, 6) is 0.300. The second-order valence-corrected chi connectivity index (χ2v) is 6.74. The number of carbonyl (C=O) groups is 1. The number of halogens is 5. The molecule has 0 spiro atoms. The van der Waals surface area contributed by atoms with Crippen LogP contribution in [0.3, 0.4) is 0 Å². The molecular formula is C17H15Cl2F3N4O. The molecule has 5 nitrogen and oxygen atoms in total. The maximum atomic E-state index is 12.7. The molecular weight excluding hydrogens is 404 g/mol. The van der Waals surface area contributed by atoms with Crippen LogP contribution in [-0.4, -0.2) is 42.6 Å². The quantitative estimate of drug-likeness (QED) is 0.700. The van der Waals surface area contributed by atoms with Gasteiger partial charge in [0.25, 0.3) is 0 Å². The highest BCUT2D eigenvalue weighted by atomic mass is 35.5. The summed E-state index contributed by atoms with van der Waals surface area (Å²) in [4.78, 5) is 17.2. The Hall–Kier alpha value is -2.03. The number of anilines is 2. The Morgan fingerprint density at radius 1 is 1.07 bits per heavy atom. The molecule has 1 aliphatic rings. The van der Waals surface area contributed by atoms with E-state index < -0.39 is 11.7 Å². The molecule has 0 radical (unpaired) electrons. The van der Waals surface area contributed by atoms with Crippen LogP contribution in [0.25, 0.3) is 0 Å². The minimum atomic E-state index is -4.49. The Kier molecular flexibility index (Phi) is 5.78. The fourth-order valence-corrected chi connectivity index (χ4v) is 3.24. The van der Waals surface area contributed by atoms with Crippen LogP contribution >= 0.6 is 23.2 Å². The molecule has 1 fully saturated rings. The van der Waals surface area contributed by atoms with E-state index in [4.69, 9.17) is 23.2 Å². The molecule has 27 heavy (non-hydrogen) atoms. The molecule has 0 N–H and O–H groups in total. The lowest BCUT2D eigenvalue weighted by molar-refractivity contribution is -0.137. The number of piperazine rings is 1. The Bertz CT molecular complexity index is 809. The van der Waals surface area contributed by atoms with Gasteiger partial charge in [-0.3, -0.25) is 4.79 Å². The van der Waals surface area contributed by atoms with Gasteiger partial charge >= 0.3 is 6.18 Å². The predicted octanol–water partition coefficient (Wildman–Crippen LogP) is 4.11. The fourth-order valence-electron chi connectivity index (χ4n) is 2.83. The van der Waals surface area contributed by atoms with Gasteiger partial charge in [-0.25, -0.2) is 15.0 Å². The van der Waals surface area contributed by atoms with E-state index in [1.165, 1.54) is 5.01 Å². The standard InChI is InChI=1S/C17H15Cl2F3N4O/c18-13-1-3-14(4-2-13)26(11-27)25-7-5-24(6-8-25)16-15(19)9-12(10-23-16)17(20,21)22/h1-4,9-11H,5-8H2. The number of alkyl halides is 3. The van der Waals surface area contributed by atoms with Crippen LogP contribution in [0.15, 0.2) is 36.5 Å². The summed E-state index contributed by atoms with van der Waals surface area (Å²) in [7, 11) is 0. The van der Waals surface area contributed by atoms with Crippen molar-refractivity contribution < 1.29 is 18.0 Å². The van der Waals surface area contributed by atoms with Gasteiger partial charge in [0.1, 0.15) is 5.82 Å². The third kappa shape index (κ3) is 4.45. The summed E-state index contributed by atoms with van der Waals surface area (Å²) in [5.41, 5.74) is -0.210. The second-order valence-electron chi connectivity index (χ2n) is 5.89. The fraction of sp³-hybridized carbons (Fsp3) is 0.294. The molecule has 2 heterocycles. The van der Waals surface area contributed by atoms with E-state index >= 15 is 0 Å². The molecule has 3 rings (SSSR count). The number of pyridine rings is 1. The Morgan fingerprint density at radius 3 is 2.22 bits per heavy atom. The van der Waals surface area contributed by atoms with Crippen LogP contribution in [0.2, 0.25) is 10.0 Å². The van der Waals surface area contributed by atoms with Crippen molar-refractivity contribution in [3.8, 4) is 0 Å². The summed E-state index contributed by atoms with van der Waals surface area (Å²) in [6.07, 6.45) is -3.00. The average Bonchev–Trinajstić information content (AvgIpc) is 2.64. The minimum absolute atomic E-state index is 0.0526. The summed E-state index contributed by atoms with van der Waals surface area (Å²) >= 11 is 11.9. The maximum absolute atomic E-state index is 12.7. The van der Waals surface area contributed by atoms with Crippen LogP contribution in [0.1, 0.15) is 5.56 Å². The predicted molar refractivity (Wildman–Crippen MR) is 98.0 cm³/mol. The highest BCUT2D eigenvalue weighted by molar-refractivity contribution is 6.33. The molecule has 10 heteroatoms. The van der Waals surface area contributed by atoms with Crippen LogP contribution in [0.5, 0.6) is 0 Å². The topological polar surface area (TPSA) is 39.7 Å². The van der Waals surface area contributed by atoms with Gasteiger partial charge in [0.15, 0.2) is 0 Å². The highest BCUT2D eigenvalue weighted by Gasteiger charge is 2.32. The van der Waals surface area contributed by atoms with Crippen LogP contribution in [-0.2, 0) is 11.0 Å². The molecule has 0 bridgehead atoms. The molecule has 2 aromatic rings. The number of benzene rings is 1. The number of hydrogen-bond acceptors (Lipinski definition) is 4. The number of carbonyl (C=O) groups excluding carboxylic acids is 1. The van der Waals surface area contributed by atoms with Crippen molar-refractivity contribution >= 4 is 41.1 Å². The zero-order valence-corrected chi connectivity index (χ0v) is 15.5. The van der Waals surface area contributed by atoms with Gasteiger partial charge in [-0.05, 0) is 30.3 Å². The molecule has 1 aromatic carbocycles. The monoisotopic (exact) mass is 418 g/mol. The molecule has 0 atom stereocenters. The van der Waals surface area contributed by atoms with Crippen molar-refractivity contribution in [3.05, 3.63) is 52.1 Å². The van der Waals surface area contributed by atoms with Crippen molar-refractivity contribution in [1.82, 2.24) is 9.99 Å². The number of nitrogens with zero attached hydrogens (tertiary/aromatic N) is 4. The first-order valence-corrected chi connectivity index (χ1v) is 8.78. The van der Waals surface area contributed by atoms with E-state index in [-0.39, 0.29) is 5.02 Å². The normalized spacial score (nSPS) is 15.7. The minimum Gasteiger partial charge on any atom is -0.353 e. The van der Waals surface area contributed by atoms with Gasteiger partial charge in [-0.2, -0.15) is 13.2 Å². The van der Waals surface area contributed by atoms with Crippen LogP contribution in [0, 0.1) is 0 Å². The number of amides is 1. The number of aromatic nitrogens is 1. The van der Waals surface area contributed by atoms with E-state index in [1.54, 1.807) is 29.2 Å².